The summed E-state index contributed by atoms with van der Waals surface area (Å²) in [5.41, 5.74) is 0. The van der Waals surface area contributed by atoms with Gasteiger partial charge in [-0.3, -0.25) is 10.1 Å². The molecule has 0 unspecified atom stereocenters. The molecule has 1 aliphatic heterocycles. The Balaban J connectivity index is 2.80. The first-order chi connectivity index (χ1) is 5.21. The summed E-state index contributed by atoms with van der Waals surface area (Å²) in [5, 5.41) is 18.9. The van der Waals surface area contributed by atoms with E-state index in [1.807, 2.05) is 0 Å². The number of hydrogen-bond acceptors (Lipinski definition) is 5. The predicted molar refractivity (Wildman–Crippen MR) is 38.4 cm³/mol. The topological polar surface area (TPSA) is 88.1 Å². The van der Waals surface area contributed by atoms with Crippen molar-refractivity contribution in [3.8, 4) is 0 Å². The molecule has 1 aliphatic rings. The van der Waals surface area contributed by atoms with Crippen molar-refractivity contribution >= 4 is 12.4 Å². The van der Waals surface area contributed by atoms with Crippen LogP contribution < -0.4 is 0 Å². The molecule has 0 atom stereocenters. The Bertz CT molecular complexity index is 211. The van der Waals surface area contributed by atoms with Crippen LogP contribution in [0.2, 0.25) is 0 Å². The van der Waals surface area contributed by atoms with E-state index in [2.05, 4.69) is 9.98 Å². The number of aliphatic hydroxyl groups excluding tert-OH is 1. The van der Waals surface area contributed by atoms with E-state index >= 15 is 0 Å². The van der Waals surface area contributed by atoms with Gasteiger partial charge in [-0.15, -0.1) is 0 Å². The van der Waals surface area contributed by atoms with Crippen molar-refractivity contribution < 1.29 is 10.0 Å². The molecular weight excluding hydrogens is 150 g/mol. The van der Waals surface area contributed by atoms with E-state index in [1.54, 1.807) is 0 Å². The molecule has 0 aromatic carbocycles. The Morgan fingerprint density at radius 2 is 2.09 bits per heavy atom. The molecule has 0 saturated carbocycles. The Labute approximate surface area is 62.4 Å². The summed E-state index contributed by atoms with van der Waals surface area (Å²) in [5.74, 6) is -1.64. The standard InChI is InChI=1S/C5H7N3O3/c9-4-1-5(8(10)11)6-2-3-7-5/h2-3,9H,1,4H2. The van der Waals surface area contributed by atoms with Gasteiger partial charge >= 0.3 is 5.79 Å². The summed E-state index contributed by atoms with van der Waals surface area (Å²) in [7, 11) is 0. The SMILES string of the molecule is O=[N+]([O-])C1(CCO)N=CC=N1. The maximum atomic E-state index is 10.4. The van der Waals surface area contributed by atoms with Gasteiger partial charge in [-0.1, -0.05) is 0 Å². The molecule has 6 nitrogen and oxygen atoms in total. The molecule has 0 saturated heterocycles. The van der Waals surface area contributed by atoms with Crippen molar-refractivity contribution in [1.82, 2.24) is 0 Å². The molecule has 0 spiro atoms. The summed E-state index contributed by atoms with van der Waals surface area (Å²) in [6.07, 6.45) is 2.45. The quantitative estimate of drug-likeness (QED) is 0.440. The van der Waals surface area contributed by atoms with Gasteiger partial charge in [0.05, 0.1) is 18.0 Å². The molecule has 1 heterocycles. The lowest BCUT2D eigenvalue weighted by molar-refractivity contribution is -0.566. The van der Waals surface area contributed by atoms with E-state index in [0.29, 0.717) is 0 Å². The molecule has 0 fully saturated rings. The van der Waals surface area contributed by atoms with Crippen molar-refractivity contribution in [2.75, 3.05) is 6.61 Å². The minimum atomic E-state index is -1.64. The molecule has 1 N–H and O–H groups in total. The van der Waals surface area contributed by atoms with E-state index in [9.17, 15) is 10.1 Å². The van der Waals surface area contributed by atoms with Crippen LogP contribution in [0.5, 0.6) is 0 Å². The first kappa shape index (κ1) is 7.80. The van der Waals surface area contributed by atoms with E-state index in [4.69, 9.17) is 5.11 Å². The maximum absolute atomic E-state index is 10.4. The minimum Gasteiger partial charge on any atom is -0.396 e. The third kappa shape index (κ3) is 1.25. The normalized spacial score (nSPS) is 19.0. The maximum Gasteiger partial charge on any atom is 0.413 e. The van der Waals surface area contributed by atoms with E-state index in [1.165, 1.54) is 12.4 Å². The molecule has 0 aromatic rings. The first-order valence-electron chi connectivity index (χ1n) is 3.06. The molecular formula is C5H7N3O3. The van der Waals surface area contributed by atoms with Gasteiger partial charge in [-0.05, 0) is 0 Å². The highest BCUT2D eigenvalue weighted by Gasteiger charge is 2.42. The van der Waals surface area contributed by atoms with E-state index in [-0.39, 0.29) is 13.0 Å². The minimum absolute atomic E-state index is 0.0764. The number of nitro groups is 1. The van der Waals surface area contributed by atoms with E-state index in [0.717, 1.165) is 0 Å². The molecule has 0 bridgehead atoms. The summed E-state index contributed by atoms with van der Waals surface area (Å²) in [4.78, 5) is 16.9. The zero-order chi connectivity index (χ0) is 8.32. The summed E-state index contributed by atoms with van der Waals surface area (Å²) in [6, 6.07) is 0. The number of hydrogen-bond donors (Lipinski definition) is 1. The zero-order valence-corrected chi connectivity index (χ0v) is 5.67. The van der Waals surface area contributed by atoms with Crippen LogP contribution in [0.15, 0.2) is 9.98 Å². The fourth-order valence-corrected chi connectivity index (χ4v) is 0.803. The van der Waals surface area contributed by atoms with Gasteiger partial charge in [0.25, 0.3) is 0 Å². The molecule has 0 amide bonds. The largest absolute Gasteiger partial charge is 0.413 e. The zero-order valence-electron chi connectivity index (χ0n) is 5.67. The Kier molecular flexibility index (Phi) is 1.95. The number of rotatable bonds is 3. The van der Waals surface area contributed by atoms with Crippen molar-refractivity contribution in [2.24, 2.45) is 9.98 Å². The third-order valence-electron chi connectivity index (χ3n) is 1.37. The lowest BCUT2D eigenvalue weighted by atomic mass is 10.3. The van der Waals surface area contributed by atoms with Crippen LogP contribution in [-0.4, -0.2) is 34.9 Å². The van der Waals surface area contributed by atoms with Crippen LogP contribution in [0.3, 0.4) is 0 Å². The van der Waals surface area contributed by atoms with Crippen LogP contribution in [0.4, 0.5) is 0 Å². The monoisotopic (exact) mass is 157 g/mol. The highest BCUT2D eigenvalue weighted by Crippen LogP contribution is 2.19. The predicted octanol–water partition coefficient (Wildman–Crippen LogP) is -0.546. The Morgan fingerprint density at radius 3 is 2.45 bits per heavy atom. The average Bonchev–Trinajstić information content (AvgIpc) is 2.38. The molecule has 6 heteroatoms. The smallest absolute Gasteiger partial charge is 0.396 e. The van der Waals surface area contributed by atoms with Crippen molar-refractivity contribution in [2.45, 2.75) is 12.2 Å². The number of nitrogens with zero attached hydrogens (tertiary/aromatic N) is 3. The molecule has 0 aliphatic carbocycles. The third-order valence-corrected chi connectivity index (χ3v) is 1.37. The number of aliphatic hydroxyl groups is 1. The summed E-state index contributed by atoms with van der Waals surface area (Å²) >= 11 is 0. The van der Waals surface area contributed by atoms with Crippen LogP contribution in [0.1, 0.15) is 6.42 Å². The number of aliphatic imine (C=N–C) groups is 2. The van der Waals surface area contributed by atoms with Gasteiger partial charge in [0.2, 0.25) is 0 Å². The second kappa shape index (κ2) is 2.75. The fourth-order valence-electron chi connectivity index (χ4n) is 0.803. The van der Waals surface area contributed by atoms with Crippen molar-refractivity contribution in [3.05, 3.63) is 10.1 Å². The summed E-state index contributed by atoms with van der Waals surface area (Å²) < 4.78 is 0. The highest BCUT2D eigenvalue weighted by atomic mass is 16.6. The van der Waals surface area contributed by atoms with Gasteiger partial charge < -0.3 is 5.11 Å². The molecule has 0 aromatic heterocycles. The fraction of sp³-hybridized carbons (Fsp3) is 0.600. The van der Waals surface area contributed by atoms with Crippen molar-refractivity contribution in [1.29, 1.82) is 0 Å². The van der Waals surface area contributed by atoms with Crippen LogP contribution in [0.25, 0.3) is 0 Å². The Hall–Kier alpha value is -1.30. The average molecular weight is 157 g/mol. The van der Waals surface area contributed by atoms with Crippen LogP contribution >= 0.6 is 0 Å². The van der Waals surface area contributed by atoms with Gasteiger partial charge in [0.1, 0.15) is 0 Å². The van der Waals surface area contributed by atoms with Gasteiger partial charge in [-0.25, -0.2) is 0 Å². The summed E-state index contributed by atoms with van der Waals surface area (Å²) in [6.45, 7) is -0.296. The van der Waals surface area contributed by atoms with Gasteiger partial charge in [0, 0.05) is 12.4 Å². The molecule has 11 heavy (non-hydrogen) atoms. The van der Waals surface area contributed by atoms with Gasteiger partial charge in [-0.2, -0.15) is 9.98 Å². The molecule has 60 valence electrons. The van der Waals surface area contributed by atoms with Crippen LogP contribution in [0, 0.1) is 10.1 Å². The lowest BCUT2D eigenvalue weighted by Gasteiger charge is -2.10. The molecule has 0 radical (unpaired) electrons. The first-order valence-corrected chi connectivity index (χ1v) is 3.06. The van der Waals surface area contributed by atoms with Crippen molar-refractivity contribution in [3.63, 3.8) is 0 Å². The van der Waals surface area contributed by atoms with Gasteiger partial charge in [0.15, 0.2) is 0 Å². The lowest BCUT2D eigenvalue weighted by Crippen LogP contribution is -2.33. The van der Waals surface area contributed by atoms with Crippen LogP contribution in [-0.2, 0) is 0 Å². The Morgan fingerprint density at radius 1 is 1.55 bits per heavy atom. The second-order valence-electron chi connectivity index (χ2n) is 2.06. The molecule has 1 rings (SSSR count). The second-order valence-corrected chi connectivity index (χ2v) is 2.06. The highest BCUT2D eigenvalue weighted by molar-refractivity contribution is 6.17. The van der Waals surface area contributed by atoms with E-state index < -0.39 is 10.7 Å².